The largest absolute Gasteiger partial charge is 0.368 e. The number of nitrogens with zero attached hydrogens (tertiary/aromatic N) is 4. The molecule has 160 valence electrons. The Kier molecular flexibility index (Phi) is 7.24. The predicted octanol–water partition coefficient (Wildman–Crippen LogP) is 2.50. The molecule has 1 heterocycles. The Balaban J connectivity index is 1.56. The first-order chi connectivity index (χ1) is 14.3. The zero-order chi connectivity index (χ0) is 21.7. The number of carbonyl (C=O) groups is 2. The Morgan fingerprint density at radius 1 is 0.633 bits per heavy atom. The average molecular weight is 409 g/mol. The number of ketones is 2. The molecule has 0 N–H and O–H groups in total. The van der Waals surface area contributed by atoms with Gasteiger partial charge in [0.05, 0.1) is 13.1 Å². The highest BCUT2D eigenvalue weighted by molar-refractivity contribution is 5.98. The number of rotatable bonds is 8. The fraction of sp³-hybridized carbons (Fsp3) is 0.417. The molecule has 0 atom stereocenters. The quantitative estimate of drug-likeness (QED) is 0.626. The van der Waals surface area contributed by atoms with Gasteiger partial charge in [-0.3, -0.25) is 9.59 Å². The molecule has 0 aliphatic carbocycles. The standard InChI is InChI=1S/C24H32N4O2/c1-25(2)17-23(29)19-5-9-21(10-6-19)27-13-15-28(16-14-27)22-11-7-20(8-12-22)24(30)18-26(3)4/h5-12H,13-18H2,1-4H3. The van der Waals surface area contributed by atoms with Gasteiger partial charge in [0.1, 0.15) is 0 Å². The van der Waals surface area contributed by atoms with Gasteiger partial charge in [0, 0.05) is 48.7 Å². The molecule has 2 aromatic carbocycles. The van der Waals surface area contributed by atoms with Crippen molar-refractivity contribution in [1.82, 2.24) is 9.80 Å². The van der Waals surface area contributed by atoms with Crippen LogP contribution in [0.25, 0.3) is 0 Å². The molecule has 6 heteroatoms. The second-order valence-corrected chi connectivity index (χ2v) is 8.39. The monoisotopic (exact) mass is 408 g/mol. The minimum Gasteiger partial charge on any atom is -0.368 e. The van der Waals surface area contributed by atoms with Gasteiger partial charge in [-0.25, -0.2) is 0 Å². The Labute approximate surface area is 179 Å². The van der Waals surface area contributed by atoms with Crippen molar-refractivity contribution in [2.24, 2.45) is 0 Å². The molecule has 3 rings (SSSR count). The molecule has 0 radical (unpaired) electrons. The molecule has 2 aromatic rings. The molecule has 0 unspecified atom stereocenters. The average Bonchev–Trinajstić information content (AvgIpc) is 2.73. The van der Waals surface area contributed by atoms with Crippen LogP contribution in [0.5, 0.6) is 0 Å². The third kappa shape index (κ3) is 5.68. The molecular formula is C24H32N4O2. The van der Waals surface area contributed by atoms with Gasteiger partial charge in [0.15, 0.2) is 11.6 Å². The lowest BCUT2D eigenvalue weighted by Crippen LogP contribution is -2.46. The van der Waals surface area contributed by atoms with Crippen LogP contribution in [0.3, 0.4) is 0 Å². The number of hydrogen-bond acceptors (Lipinski definition) is 6. The van der Waals surface area contributed by atoms with E-state index in [2.05, 4.69) is 9.80 Å². The molecule has 1 fully saturated rings. The Bertz CT molecular complexity index is 778. The summed E-state index contributed by atoms with van der Waals surface area (Å²) in [6.07, 6.45) is 0. The van der Waals surface area contributed by atoms with E-state index in [0.717, 1.165) is 48.7 Å². The van der Waals surface area contributed by atoms with Crippen LogP contribution in [0.2, 0.25) is 0 Å². The van der Waals surface area contributed by atoms with E-state index in [4.69, 9.17) is 0 Å². The van der Waals surface area contributed by atoms with Crippen molar-refractivity contribution in [3.8, 4) is 0 Å². The maximum atomic E-state index is 12.2. The Hall–Kier alpha value is -2.70. The highest BCUT2D eigenvalue weighted by Crippen LogP contribution is 2.22. The summed E-state index contributed by atoms with van der Waals surface area (Å²) in [5.74, 6) is 0.285. The maximum absolute atomic E-state index is 12.2. The fourth-order valence-electron chi connectivity index (χ4n) is 3.70. The summed E-state index contributed by atoms with van der Waals surface area (Å²) in [5, 5.41) is 0. The summed E-state index contributed by atoms with van der Waals surface area (Å²) in [5.41, 5.74) is 3.83. The molecule has 0 bridgehead atoms. The predicted molar refractivity (Wildman–Crippen MR) is 123 cm³/mol. The number of carbonyl (C=O) groups excluding carboxylic acids is 2. The van der Waals surface area contributed by atoms with E-state index in [1.54, 1.807) is 0 Å². The van der Waals surface area contributed by atoms with E-state index in [9.17, 15) is 9.59 Å². The van der Waals surface area contributed by atoms with Gasteiger partial charge < -0.3 is 19.6 Å². The van der Waals surface area contributed by atoms with Gasteiger partial charge in [0.2, 0.25) is 0 Å². The third-order valence-corrected chi connectivity index (χ3v) is 5.31. The summed E-state index contributed by atoms with van der Waals surface area (Å²) in [4.78, 5) is 32.8. The molecule has 1 aliphatic heterocycles. The van der Waals surface area contributed by atoms with Crippen molar-refractivity contribution in [3.63, 3.8) is 0 Å². The number of anilines is 2. The van der Waals surface area contributed by atoms with Crippen LogP contribution in [0.1, 0.15) is 20.7 Å². The number of piperazine rings is 1. The van der Waals surface area contributed by atoms with E-state index < -0.39 is 0 Å². The Morgan fingerprint density at radius 2 is 0.933 bits per heavy atom. The molecule has 0 amide bonds. The van der Waals surface area contributed by atoms with Crippen molar-refractivity contribution in [2.75, 3.05) is 77.3 Å². The fourth-order valence-corrected chi connectivity index (χ4v) is 3.70. The van der Waals surface area contributed by atoms with E-state index in [-0.39, 0.29) is 11.6 Å². The highest BCUT2D eigenvalue weighted by atomic mass is 16.1. The van der Waals surface area contributed by atoms with E-state index in [0.29, 0.717) is 13.1 Å². The van der Waals surface area contributed by atoms with Crippen molar-refractivity contribution in [1.29, 1.82) is 0 Å². The van der Waals surface area contributed by atoms with Crippen LogP contribution >= 0.6 is 0 Å². The topological polar surface area (TPSA) is 47.1 Å². The first-order valence-corrected chi connectivity index (χ1v) is 10.4. The lowest BCUT2D eigenvalue weighted by molar-refractivity contribution is 0.0949. The van der Waals surface area contributed by atoms with Gasteiger partial charge in [-0.1, -0.05) is 0 Å². The summed E-state index contributed by atoms with van der Waals surface area (Å²) >= 11 is 0. The van der Waals surface area contributed by atoms with Crippen LogP contribution < -0.4 is 9.80 Å². The van der Waals surface area contributed by atoms with Gasteiger partial charge in [-0.05, 0) is 76.7 Å². The first kappa shape index (κ1) is 22.0. The molecule has 0 saturated carbocycles. The van der Waals surface area contributed by atoms with E-state index in [1.165, 1.54) is 0 Å². The zero-order valence-corrected chi connectivity index (χ0v) is 18.5. The smallest absolute Gasteiger partial charge is 0.176 e. The van der Waals surface area contributed by atoms with E-state index in [1.807, 2.05) is 86.5 Å². The highest BCUT2D eigenvalue weighted by Gasteiger charge is 2.18. The first-order valence-electron chi connectivity index (χ1n) is 10.4. The van der Waals surface area contributed by atoms with Crippen LogP contribution in [0, 0.1) is 0 Å². The number of likely N-dealkylation sites (N-methyl/N-ethyl adjacent to an activating group) is 2. The third-order valence-electron chi connectivity index (χ3n) is 5.31. The SMILES string of the molecule is CN(C)CC(=O)c1ccc(N2CCN(c3ccc(C(=O)CN(C)C)cc3)CC2)cc1. The second-order valence-electron chi connectivity index (χ2n) is 8.39. The molecule has 1 saturated heterocycles. The molecule has 1 aliphatic rings. The van der Waals surface area contributed by atoms with Crippen molar-refractivity contribution in [3.05, 3.63) is 59.7 Å². The lowest BCUT2D eigenvalue weighted by atomic mass is 10.1. The minimum absolute atomic E-state index is 0.142. The van der Waals surface area contributed by atoms with Gasteiger partial charge >= 0.3 is 0 Å². The number of hydrogen-bond donors (Lipinski definition) is 0. The van der Waals surface area contributed by atoms with Crippen LogP contribution in [0.4, 0.5) is 11.4 Å². The lowest BCUT2D eigenvalue weighted by Gasteiger charge is -2.37. The number of Topliss-reactive ketones (excluding diaryl/α,β-unsaturated/α-hetero) is 2. The van der Waals surface area contributed by atoms with Gasteiger partial charge in [0.25, 0.3) is 0 Å². The van der Waals surface area contributed by atoms with Crippen LogP contribution in [0.15, 0.2) is 48.5 Å². The van der Waals surface area contributed by atoms with Gasteiger partial charge in [-0.2, -0.15) is 0 Å². The van der Waals surface area contributed by atoms with Crippen LogP contribution in [-0.2, 0) is 0 Å². The second kappa shape index (κ2) is 9.87. The molecule has 0 aromatic heterocycles. The maximum Gasteiger partial charge on any atom is 0.176 e. The van der Waals surface area contributed by atoms with E-state index >= 15 is 0 Å². The van der Waals surface area contributed by atoms with Gasteiger partial charge in [-0.15, -0.1) is 0 Å². The van der Waals surface area contributed by atoms with Crippen LogP contribution in [-0.4, -0.2) is 88.8 Å². The van der Waals surface area contributed by atoms with Crippen molar-refractivity contribution in [2.45, 2.75) is 0 Å². The Morgan fingerprint density at radius 3 is 1.20 bits per heavy atom. The van der Waals surface area contributed by atoms with Crippen molar-refractivity contribution >= 4 is 22.9 Å². The minimum atomic E-state index is 0.142. The molecule has 0 spiro atoms. The molecular weight excluding hydrogens is 376 g/mol. The molecule has 6 nitrogen and oxygen atoms in total. The summed E-state index contributed by atoms with van der Waals surface area (Å²) < 4.78 is 0. The number of benzene rings is 2. The summed E-state index contributed by atoms with van der Waals surface area (Å²) in [6.45, 7) is 4.55. The zero-order valence-electron chi connectivity index (χ0n) is 18.5. The normalized spacial score (nSPS) is 14.5. The summed E-state index contributed by atoms with van der Waals surface area (Å²) in [6, 6.07) is 15.9. The molecule has 30 heavy (non-hydrogen) atoms. The summed E-state index contributed by atoms with van der Waals surface area (Å²) in [7, 11) is 7.61. The van der Waals surface area contributed by atoms with Crippen molar-refractivity contribution < 1.29 is 9.59 Å².